The molecule has 1 aliphatic heterocycles. The number of alkyl halides is 1. The van der Waals surface area contributed by atoms with Crippen LogP contribution in [0.4, 0.5) is 8.78 Å². The van der Waals surface area contributed by atoms with Crippen molar-refractivity contribution in [3.8, 4) is 0 Å². The van der Waals surface area contributed by atoms with Gasteiger partial charge in [-0.15, -0.1) is 0 Å². The number of carbonyl (C=O) groups is 1. The zero-order valence-electron chi connectivity index (χ0n) is 17.8. The molecule has 6 heteroatoms. The van der Waals surface area contributed by atoms with Crippen LogP contribution in [-0.2, 0) is 4.79 Å². The minimum atomic E-state index is -2.26. The lowest BCUT2D eigenvalue weighted by atomic mass is 9.63. The predicted molar refractivity (Wildman–Crippen MR) is 115 cm³/mol. The Labute approximate surface area is 177 Å². The van der Waals surface area contributed by atoms with Crippen molar-refractivity contribution in [3.63, 3.8) is 0 Å². The minimum absolute atomic E-state index is 0.0682. The molecule has 3 rings (SSSR count). The lowest BCUT2D eigenvalue weighted by Crippen LogP contribution is -2.60. The summed E-state index contributed by atoms with van der Waals surface area (Å²) in [5, 5.41) is 17.9. The third-order valence-electron chi connectivity index (χ3n) is 6.37. The molecule has 1 unspecified atom stereocenters. The van der Waals surface area contributed by atoms with Gasteiger partial charge in [-0.3, -0.25) is 4.79 Å². The quantitative estimate of drug-likeness (QED) is 0.587. The molecule has 1 saturated heterocycles. The summed E-state index contributed by atoms with van der Waals surface area (Å²) in [5.41, 5.74) is -2.73. The molecule has 1 aromatic rings. The van der Waals surface area contributed by atoms with Crippen molar-refractivity contribution in [2.75, 3.05) is 19.6 Å². The summed E-state index contributed by atoms with van der Waals surface area (Å²) in [6.45, 7) is 4.95. The third kappa shape index (κ3) is 4.49. The second-order valence-corrected chi connectivity index (χ2v) is 8.55. The summed E-state index contributed by atoms with van der Waals surface area (Å²) in [7, 11) is 0. The third-order valence-corrected chi connectivity index (χ3v) is 6.37. The van der Waals surface area contributed by atoms with E-state index in [1.807, 2.05) is 13.0 Å². The Hall–Kier alpha value is -2.05. The molecule has 0 saturated carbocycles. The van der Waals surface area contributed by atoms with Gasteiger partial charge in [0.2, 0.25) is 5.91 Å². The molecule has 4 nitrogen and oxygen atoms in total. The van der Waals surface area contributed by atoms with Gasteiger partial charge in [-0.2, -0.15) is 0 Å². The van der Waals surface area contributed by atoms with Gasteiger partial charge in [-0.25, -0.2) is 8.78 Å². The fourth-order valence-electron chi connectivity index (χ4n) is 4.87. The van der Waals surface area contributed by atoms with Crippen molar-refractivity contribution in [2.45, 2.75) is 57.2 Å². The van der Waals surface area contributed by atoms with Crippen molar-refractivity contribution < 1.29 is 18.7 Å². The number of rotatable bonds is 7. The molecule has 1 heterocycles. The van der Waals surface area contributed by atoms with Crippen LogP contribution in [0.3, 0.4) is 0 Å². The molecule has 2 aliphatic rings. The molecule has 0 radical (unpaired) electrons. The maximum Gasteiger partial charge on any atom is 0.216 e. The zero-order chi connectivity index (χ0) is 21.8. The highest BCUT2D eigenvalue weighted by atomic mass is 19.1. The molecular weight excluding hydrogens is 386 g/mol. The van der Waals surface area contributed by atoms with E-state index in [2.05, 4.69) is 10.6 Å². The molecule has 1 fully saturated rings. The topological polar surface area (TPSA) is 61.4 Å². The number of allylic oxidation sites excluding steroid dienone is 3. The lowest BCUT2D eigenvalue weighted by Gasteiger charge is -2.49. The van der Waals surface area contributed by atoms with Gasteiger partial charge in [0.05, 0.1) is 0 Å². The van der Waals surface area contributed by atoms with Crippen molar-refractivity contribution in [1.29, 1.82) is 0 Å². The van der Waals surface area contributed by atoms with E-state index in [1.165, 1.54) is 19.1 Å². The molecule has 0 bridgehead atoms. The number of halogens is 2. The van der Waals surface area contributed by atoms with Gasteiger partial charge in [0.25, 0.3) is 0 Å². The zero-order valence-corrected chi connectivity index (χ0v) is 17.8. The number of piperidine rings is 1. The standard InChI is InChI=1S/C24H32F2N2O2/c1-17-7-3-8-19(15-17)22-21(25)10-4-11-23(22,26)24(30,12-6-14-28-18(2)29)20-9-5-13-27-16-20/h3-4,7-8,10,15,20,27,30H,5-6,9,11-14,16H2,1-2H3,(H,28,29)/t20-,23?,24+/m1/s1. The average Bonchev–Trinajstić information content (AvgIpc) is 2.71. The van der Waals surface area contributed by atoms with Gasteiger partial charge >= 0.3 is 0 Å². The first-order valence-electron chi connectivity index (χ1n) is 10.8. The normalized spacial score (nSPS) is 26.4. The van der Waals surface area contributed by atoms with E-state index < -0.39 is 17.1 Å². The van der Waals surface area contributed by atoms with Gasteiger partial charge in [0, 0.05) is 37.9 Å². The second-order valence-electron chi connectivity index (χ2n) is 8.55. The molecule has 3 atom stereocenters. The van der Waals surface area contributed by atoms with Crippen molar-refractivity contribution in [3.05, 3.63) is 53.4 Å². The van der Waals surface area contributed by atoms with Crippen molar-refractivity contribution >= 4 is 11.5 Å². The van der Waals surface area contributed by atoms with E-state index in [9.17, 15) is 9.90 Å². The van der Waals surface area contributed by atoms with Gasteiger partial charge in [-0.1, -0.05) is 35.9 Å². The highest BCUT2D eigenvalue weighted by Crippen LogP contribution is 2.52. The largest absolute Gasteiger partial charge is 0.386 e. The first-order chi connectivity index (χ1) is 14.3. The molecule has 1 aromatic carbocycles. The summed E-state index contributed by atoms with van der Waals surface area (Å²) in [5.74, 6) is -1.16. The number of aryl methyl sites for hydroxylation is 1. The van der Waals surface area contributed by atoms with Gasteiger partial charge in [0.15, 0.2) is 5.67 Å². The summed E-state index contributed by atoms with van der Waals surface area (Å²) in [4.78, 5) is 11.2. The molecular formula is C24H32F2N2O2. The Kier molecular flexibility index (Phi) is 7.09. The highest BCUT2D eigenvalue weighted by molar-refractivity contribution is 5.78. The average molecular weight is 419 g/mol. The van der Waals surface area contributed by atoms with E-state index in [0.29, 0.717) is 31.5 Å². The van der Waals surface area contributed by atoms with E-state index >= 15 is 8.78 Å². The Morgan fingerprint density at radius 2 is 2.23 bits per heavy atom. The van der Waals surface area contributed by atoms with E-state index in [-0.39, 0.29) is 30.2 Å². The highest BCUT2D eigenvalue weighted by Gasteiger charge is 2.58. The molecule has 0 spiro atoms. The molecule has 0 aromatic heterocycles. The second kappa shape index (κ2) is 9.40. The number of hydrogen-bond donors (Lipinski definition) is 3. The Bertz CT molecular complexity index is 832. The number of amides is 1. The summed E-state index contributed by atoms with van der Waals surface area (Å²) >= 11 is 0. The SMILES string of the molecule is CC(=O)NCCC[C@](O)([C@@H]1CCCNC1)C1(F)CC=CC(F)=C1c1cccc(C)c1. The molecule has 3 N–H and O–H groups in total. The number of nitrogens with one attached hydrogen (secondary N) is 2. The minimum Gasteiger partial charge on any atom is -0.386 e. The summed E-state index contributed by atoms with van der Waals surface area (Å²) in [6.07, 6.45) is 4.72. The van der Waals surface area contributed by atoms with Crippen LogP contribution in [-0.4, -0.2) is 41.9 Å². The molecule has 1 aliphatic carbocycles. The predicted octanol–water partition coefficient (Wildman–Crippen LogP) is 3.99. The maximum atomic E-state index is 17.0. The maximum absolute atomic E-state index is 17.0. The summed E-state index contributed by atoms with van der Waals surface area (Å²) < 4.78 is 32.1. The molecule has 1 amide bonds. The van der Waals surface area contributed by atoms with Gasteiger partial charge in [-0.05, 0) is 50.8 Å². The van der Waals surface area contributed by atoms with Crippen LogP contribution in [0.25, 0.3) is 5.57 Å². The fourth-order valence-corrected chi connectivity index (χ4v) is 4.87. The van der Waals surface area contributed by atoms with Crippen LogP contribution in [0.5, 0.6) is 0 Å². The van der Waals surface area contributed by atoms with Crippen LogP contribution >= 0.6 is 0 Å². The molecule has 164 valence electrons. The Morgan fingerprint density at radius 1 is 1.43 bits per heavy atom. The Balaban J connectivity index is 2.02. The van der Waals surface area contributed by atoms with E-state index in [4.69, 9.17) is 0 Å². The van der Waals surface area contributed by atoms with Crippen LogP contribution in [0, 0.1) is 12.8 Å². The number of hydrogen-bond acceptors (Lipinski definition) is 3. The number of carbonyl (C=O) groups excluding carboxylic acids is 1. The van der Waals surface area contributed by atoms with E-state index in [0.717, 1.165) is 18.5 Å². The van der Waals surface area contributed by atoms with Crippen molar-refractivity contribution in [2.24, 2.45) is 5.92 Å². The number of benzene rings is 1. The molecule has 30 heavy (non-hydrogen) atoms. The van der Waals surface area contributed by atoms with Gasteiger partial charge in [0.1, 0.15) is 11.4 Å². The van der Waals surface area contributed by atoms with Crippen molar-refractivity contribution in [1.82, 2.24) is 10.6 Å². The monoisotopic (exact) mass is 418 g/mol. The fraction of sp³-hybridized carbons (Fsp3) is 0.542. The van der Waals surface area contributed by atoms with Crippen LogP contribution in [0.1, 0.15) is 50.2 Å². The van der Waals surface area contributed by atoms with Crippen LogP contribution < -0.4 is 10.6 Å². The smallest absolute Gasteiger partial charge is 0.216 e. The van der Waals surface area contributed by atoms with Crippen LogP contribution in [0.2, 0.25) is 0 Å². The first-order valence-corrected chi connectivity index (χ1v) is 10.8. The number of aliphatic hydroxyl groups is 1. The van der Waals surface area contributed by atoms with E-state index in [1.54, 1.807) is 18.2 Å². The Morgan fingerprint density at radius 3 is 2.90 bits per heavy atom. The van der Waals surface area contributed by atoms with Crippen LogP contribution in [0.15, 0.2) is 42.2 Å². The first kappa shape index (κ1) is 22.6. The summed E-state index contributed by atoms with van der Waals surface area (Å²) in [6, 6.07) is 7.12. The van der Waals surface area contributed by atoms with Gasteiger partial charge < -0.3 is 15.7 Å². The lowest BCUT2D eigenvalue weighted by molar-refractivity contribution is -0.126.